The molecule has 0 atom stereocenters. The number of carbonyl (C=O) groups is 1. The summed E-state index contributed by atoms with van der Waals surface area (Å²) in [5.74, 6) is 2.11. The number of aromatic nitrogens is 3. The van der Waals surface area contributed by atoms with Gasteiger partial charge in [0.1, 0.15) is 11.6 Å². The van der Waals surface area contributed by atoms with Gasteiger partial charge in [0.2, 0.25) is 5.91 Å². The van der Waals surface area contributed by atoms with Crippen molar-refractivity contribution in [3.8, 4) is 17.3 Å². The van der Waals surface area contributed by atoms with E-state index in [2.05, 4.69) is 39.3 Å². The monoisotopic (exact) mass is 497 g/mol. The molecule has 5 rings (SSSR count). The van der Waals surface area contributed by atoms with Crippen molar-refractivity contribution in [2.24, 2.45) is 5.92 Å². The maximum absolute atomic E-state index is 12.8. The standard InChI is InChI=1S/C30H35N5O2/c1-23(2)37-28-12-10-24(11-13-28)20-31-29(36)25-14-18-33(19-15-25)22-26-21-32-35(27-8-4-3-5-9-27)30(26)34-16-6-7-17-34/h3-13,16-17,21,23,25H,14-15,18-20,22H2,1-2H3,(H,31,36). The van der Waals surface area contributed by atoms with Gasteiger partial charge in [0.05, 0.1) is 18.0 Å². The van der Waals surface area contributed by atoms with Gasteiger partial charge in [0, 0.05) is 37.0 Å². The first-order valence-electron chi connectivity index (χ1n) is 13.1. The summed E-state index contributed by atoms with van der Waals surface area (Å²) in [4.78, 5) is 15.3. The molecule has 2 aromatic carbocycles. The van der Waals surface area contributed by atoms with Crippen LogP contribution in [-0.2, 0) is 17.9 Å². The summed E-state index contributed by atoms with van der Waals surface area (Å²) in [7, 11) is 0. The Morgan fingerprint density at radius 3 is 2.38 bits per heavy atom. The van der Waals surface area contributed by atoms with Crippen LogP contribution in [0.4, 0.5) is 0 Å². The van der Waals surface area contributed by atoms with Crippen LogP contribution in [0.15, 0.2) is 85.3 Å². The maximum atomic E-state index is 12.8. The second-order valence-electron chi connectivity index (χ2n) is 9.91. The van der Waals surface area contributed by atoms with E-state index in [0.29, 0.717) is 6.54 Å². The molecule has 1 fully saturated rings. The van der Waals surface area contributed by atoms with Gasteiger partial charge in [-0.3, -0.25) is 9.69 Å². The summed E-state index contributed by atoms with van der Waals surface area (Å²) in [6.07, 6.45) is 7.95. The topological polar surface area (TPSA) is 64.3 Å². The molecule has 0 saturated carbocycles. The van der Waals surface area contributed by atoms with Crippen LogP contribution in [0.2, 0.25) is 0 Å². The highest BCUT2D eigenvalue weighted by Crippen LogP contribution is 2.24. The van der Waals surface area contributed by atoms with Crippen molar-refractivity contribution in [1.82, 2.24) is 24.6 Å². The third-order valence-electron chi connectivity index (χ3n) is 6.78. The molecule has 7 heteroatoms. The highest BCUT2D eigenvalue weighted by molar-refractivity contribution is 5.78. The van der Waals surface area contributed by atoms with Crippen LogP contribution >= 0.6 is 0 Å². The van der Waals surface area contributed by atoms with E-state index < -0.39 is 0 Å². The fourth-order valence-electron chi connectivity index (χ4n) is 4.88. The van der Waals surface area contributed by atoms with E-state index in [4.69, 9.17) is 9.84 Å². The molecular weight excluding hydrogens is 462 g/mol. The van der Waals surface area contributed by atoms with Crippen molar-refractivity contribution in [3.05, 3.63) is 96.4 Å². The Hall–Kier alpha value is -3.84. The van der Waals surface area contributed by atoms with Crippen LogP contribution in [0.25, 0.3) is 11.5 Å². The minimum Gasteiger partial charge on any atom is -0.491 e. The first-order chi connectivity index (χ1) is 18.1. The van der Waals surface area contributed by atoms with Gasteiger partial charge in [0.25, 0.3) is 0 Å². The van der Waals surface area contributed by atoms with E-state index in [1.807, 2.05) is 79.3 Å². The normalized spacial score (nSPS) is 14.7. The Balaban J connectivity index is 1.17. The molecule has 1 aliphatic rings. The molecule has 0 spiro atoms. The third kappa shape index (κ3) is 6.12. The molecule has 0 aliphatic carbocycles. The summed E-state index contributed by atoms with van der Waals surface area (Å²) in [6.45, 7) is 7.15. The molecule has 0 radical (unpaired) electrons. The number of nitrogens with zero attached hydrogens (tertiary/aromatic N) is 4. The zero-order valence-corrected chi connectivity index (χ0v) is 21.6. The van der Waals surface area contributed by atoms with Gasteiger partial charge in [0.15, 0.2) is 0 Å². The number of amides is 1. The molecule has 37 heavy (non-hydrogen) atoms. The second kappa shape index (κ2) is 11.5. The van der Waals surface area contributed by atoms with Gasteiger partial charge >= 0.3 is 0 Å². The Morgan fingerprint density at radius 1 is 1.00 bits per heavy atom. The number of benzene rings is 2. The predicted molar refractivity (Wildman–Crippen MR) is 145 cm³/mol. The first-order valence-corrected chi connectivity index (χ1v) is 13.1. The number of ether oxygens (including phenoxy) is 1. The van der Waals surface area contributed by atoms with Crippen LogP contribution in [0.5, 0.6) is 5.75 Å². The lowest BCUT2D eigenvalue weighted by molar-refractivity contribution is -0.126. The number of para-hydroxylation sites is 1. The van der Waals surface area contributed by atoms with Crippen molar-refractivity contribution in [3.63, 3.8) is 0 Å². The number of carbonyl (C=O) groups excluding carboxylic acids is 1. The summed E-state index contributed by atoms with van der Waals surface area (Å²) >= 11 is 0. The van der Waals surface area contributed by atoms with E-state index in [0.717, 1.165) is 55.3 Å². The highest BCUT2D eigenvalue weighted by atomic mass is 16.5. The number of hydrogen-bond acceptors (Lipinski definition) is 4. The number of rotatable bonds is 9. The van der Waals surface area contributed by atoms with Gasteiger partial charge in [-0.05, 0) is 81.7 Å². The minimum atomic E-state index is 0.0516. The Morgan fingerprint density at radius 2 is 1.70 bits per heavy atom. The summed E-state index contributed by atoms with van der Waals surface area (Å²) in [5.41, 5.74) is 3.29. The van der Waals surface area contributed by atoms with Crippen LogP contribution < -0.4 is 10.1 Å². The van der Waals surface area contributed by atoms with E-state index >= 15 is 0 Å². The molecule has 1 N–H and O–H groups in total. The van der Waals surface area contributed by atoms with E-state index in [1.165, 1.54) is 5.56 Å². The van der Waals surface area contributed by atoms with Gasteiger partial charge in [-0.15, -0.1) is 0 Å². The van der Waals surface area contributed by atoms with E-state index in [9.17, 15) is 4.79 Å². The number of likely N-dealkylation sites (tertiary alicyclic amines) is 1. The Kier molecular flexibility index (Phi) is 7.70. The number of hydrogen-bond donors (Lipinski definition) is 1. The van der Waals surface area contributed by atoms with Gasteiger partial charge in [-0.1, -0.05) is 30.3 Å². The molecule has 1 aliphatic heterocycles. The van der Waals surface area contributed by atoms with Crippen LogP contribution in [0.3, 0.4) is 0 Å². The third-order valence-corrected chi connectivity index (χ3v) is 6.78. The summed E-state index contributed by atoms with van der Waals surface area (Å²) in [6, 6.07) is 22.2. The SMILES string of the molecule is CC(C)Oc1ccc(CNC(=O)C2CCN(Cc3cnn(-c4ccccc4)c3-n3cccc3)CC2)cc1. The largest absolute Gasteiger partial charge is 0.491 e. The zero-order chi connectivity index (χ0) is 25.6. The average Bonchev–Trinajstić information content (AvgIpc) is 3.59. The lowest BCUT2D eigenvalue weighted by Crippen LogP contribution is -2.40. The van der Waals surface area contributed by atoms with Crippen molar-refractivity contribution in [2.75, 3.05) is 13.1 Å². The summed E-state index contributed by atoms with van der Waals surface area (Å²) in [5, 5.41) is 7.85. The number of piperidine rings is 1. The molecule has 7 nitrogen and oxygen atoms in total. The lowest BCUT2D eigenvalue weighted by Gasteiger charge is -2.31. The zero-order valence-electron chi connectivity index (χ0n) is 21.6. The fourth-order valence-corrected chi connectivity index (χ4v) is 4.88. The van der Waals surface area contributed by atoms with Crippen molar-refractivity contribution in [1.29, 1.82) is 0 Å². The molecule has 3 heterocycles. The molecule has 0 unspecified atom stereocenters. The molecule has 4 aromatic rings. The lowest BCUT2D eigenvalue weighted by atomic mass is 9.95. The van der Waals surface area contributed by atoms with Crippen molar-refractivity contribution < 1.29 is 9.53 Å². The fraction of sp³-hybridized carbons (Fsp3) is 0.333. The molecule has 0 bridgehead atoms. The average molecular weight is 498 g/mol. The van der Waals surface area contributed by atoms with Gasteiger partial charge < -0.3 is 14.6 Å². The second-order valence-corrected chi connectivity index (χ2v) is 9.91. The molecule has 192 valence electrons. The first kappa shape index (κ1) is 24.8. The van der Waals surface area contributed by atoms with Crippen molar-refractivity contribution >= 4 is 5.91 Å². The van der Waals surface area contributed by atoms with E-state index in [-0.39, 0.29) is 17.9 Å². The minimum absolute atomic E-state index is 0.0516. The Bertz CT molecular complexity index is 1270. The molecular formula is C30H35N5O2. The van der Waals surface area contributed by atoms with Crippen LogP contribution in [0, 0.1) is 5.92 Å². The smallest absolute Gasteiger partial charge is 0.223 e. The van der Waals surface area contributed by atoms with E-state index in [1.54, 1.807) is 0 Å². The highest BCUT2D eigenvalue weighted by Gasteiger charge is 2.26. The van der Waals surface area contributed by atoms with Crippen LogP contribution in [-0.4, -0.2) is 44.3 Å². The van der Waals surface area contributed by atoms with Crippen LogP contribution in [0.1, 0.15) is 37.8 Å². The predicted octanol–water partition coefficient (Wildman–Crippen LogP) is 4.98. The Labute approximate surface area is 218 Å². The summed E-state index contributed by atoms with van der Waals surface area (Å²) < 4.78 is 9.82. The molecule has 2 aromatic heterocycles. The van der Waals surface area contributed by atoms with Crippen molar-refractivity contribution in [2.45, 2.75) is 45.9 Å². The van der Waals surface area contributed by atoms with Gasteiger partial charge in [-0.2, -0.15) is 5.10 Å². The molecule has 1 amide bonds. The molecule has 1 saturated heterocycles. The number of nitrogens with one attached hydrogen (secondary N) is 1. The van der Waals surface area contributed by atoms with Gasteiger partial charge in [-0.25, -0.2) is 4.68 Å². The maximum Gasteiger partial charge on any atom is 0.223 e. The quantitative estimate of drug-likeness (QED) is 0.354.